The number of hydrogen-bond donors (Lipinski definition) is 2. The second-order valence-electron chi connectivity index (χ2n) is 6.25. The van der Waals surface area contributed by atoms with Crippen LogP contribution >= 0.6 is 0 Å². The van der Waals surface area contributed by atoms with Crippen molar-refractivity contribution in [1.29, 1.82) is 0 Å². The van der Waals surface area contributed by atoms with Crippen LogP contribution in [0, 0.1) is 0 Å². The van der Waals surface area contributed by atoms with Crippen molar-refractivity contribution in [1.82, 2.24) is 19.8 Å². The maximum Gasteiger partial charge on any atom is 0.216 e. The van der Waals surface area contributed by atoms with Crippen molar-refractivity contribution >= 4 is 20.9 Å². The predicted octanol–water partition coefficient (Wildman–Crippen LogP) is 1.46. The number of aromatic nitrogens is 2. The van der Waals surface area contributed by atoms with E-state index in [2.05, 4.69) is 32.0 Å². The van der Waals surface area contributed by atoms with Crippen molar-refractivity contribution in [2.24, 2.45) is 0 Å². The number of hydrogen-bond acceptors (Lipinski definition) is 4. The number of nitrogens with one attached hydrogen (secondary N) is 2. The normalized spacial score (nSPS) is 20.2. The van der Waals surface area contributed by atoms with Gasteiger partial charge in [0.25, 0.3) is 0 Å². The van der Waals surface area contributed by atoms with Gasteiger partial charge in [0.2, 0.25) is 10.0 Å². The third-order valence-corrected chi connectivity index (χ3v) is 6.04. The van der Waals surface area contributed by atoms with Crippen LogP contribution in [0.2, 0.25) is 0 Å². The Morgan fingerprint density at radius 3 is 3.05 bits per heavy atom. The first-order valence-electron chi connectivity index (χ1n) is 7.59. The molecule has 0 radical (unpaired) electrons. The molecule has 1 atom stereocenters. The van der Waals surface area contributed by atoms with Crippen LogP contribution in [0.5, 0.6) is 0 Å². The minimum absolute atomic E-state index is 0.0539. The first-order chi connectivity index (χ1) is 10.4. The van der Waals surface area contributed by atoms with E-state index in [1.807, 2.05) is 19.9 Å². The van der Waals surface area contributed by atoms with E-state index in [4.69, 9.17) is 0 Å². The van der Waals surface area contributed by atoms with E-state index in [1.165, 1.54) is 5.56 Å². The molecule has 22 heavy (non-hydrogen) atoms. The lowest BCUT2D eigenvalue weighted by molar-refractivity contribution is 0.331. The lowest BCUT2D eigenvalue weighted by atomic mass is 10.1. The van der Waals surface area contributed by atoms with E-state index in [0.717, 1.165) is 24.0 Å². The van der Waals surface area contributed by atoms with E-state index >= 15 is 0 Å². The summed E-state index contributed by atoms with van der Waals surface area (Å²) in [5, 5.41) is 7.76. The second-order valence-corrected chi connectivity index (χ2v) is 8.25. The molecule has 2 heterocycles. The minimum atomic E-state index is -3.22. The van der Waals surface area contributed by atoms with Crippen LogP contribution in [-0.4, -0.2) is 47.9 Å². The largest absolute Gasteiger partial charge is 0.298 e. The molecule has 120 valence electrons. The van der Waals surface area contributed by atoms with Crippen LogP contribution in [0.3, 0.4) is 0 Å². The average Bonchev–Trinajstić information content (AvgIpc) is 3.05. The van der Waals surface area contributed by atoms with Crippen molar-refractivity contribution in [2.45, 2.75) is 38.1 Å². The van der Waals surface area contributed by atoms with Gasteiger partial charge >= 0.3 is 0 Å². The maximum absolute atomic E-state index is 12.2. The summed E-state index contributed by atoms with van der Waals surface area (Å²) >= 11 is 0. The molecular weight excluding hydrogens is 300 g/mol. The van der Waals surface area contributed by atoms with Crippen molar-refractivity contribution in [2.75, 3.05) is 13.1 Å². The molecule has 1 aliphatic heterocycles. The molecular formula is C15H22N4O2S. The molecule has 1 saturated heterocycles. The molecule has 6 nitrogen and oxygen atoms in total. The van der Waals surface area contributed by atoms with Crippen LogP contribution in [0.1, 0.15) is 25.8 Å². The predicted molar refractivity (Wildman–Crippen MR) is 87.0 cm³/mol. The number of nitrogens with zero attached hydrogens (tertiary/aromatic N) is 2. The molecule has 7 heteroatoms. The first kappa shape index (κ1) is 15.5. The van der Waals surface area contributed by atoms with Gasteiger partial charge in [-0.1, -0.05) is 12.1 Å². The molecule has 1 unspecified atom stereocenters. The van der Waals surface area contributed by atoms with Crippen molar-refractivity contribution in [3.05, 3.63) is 30.0 Å². The summed E-state index contributed by atoms with van der Waals surface area (Å²) in [6.07, 6.45) is 2.49. The lowest BCUT2D eigenvalue weighted by Gasteiger charge is -2.17. The summed E-state index contributed by atoms with van der Waals surface area (Å²) in [7, 11) is -3.22. The summed E-state index contributed by atoms with van der Waals surface area (Å²) in [5.74, 6) is 0. The fourth-order valence-electron chi connectivity index (χ4n) is 2.96. The lowest BCUT2D eigenvalue weighted by Crippen LogP contribution is -2.39. The van der Waals surface area contributed by atoms with Gasteiger partial charge in [-0.05, 0) is 38.4 Å². The molecule has 1 aromatic heterocycles. The van der Waals surface area contributed by atoms with E-state index in [9.17, 15) is 8.42 Å². The Labute approximate surface area is 130 Å². The average molecular weight is 322 g/mol. The zero-order valence-corrected chi connectivity index (χ0v) is 13.7. The van der Waals surface area contributed by atoms with Gasteiger partial charge in [0, 0.05) is 24.5 Å². The highest BCUT2D eigenvalue weighted by atomic mass is 32.2. The zero-order valence-electron chi connectivity index (χ0n) is 12.9. The van der Waals surface area contributed by atoms with Crippen LogP contribution in [0.25, 0.3) is 10.9 Å². The molecule has 2 aromatic rings. The SMILES string of the molecule is CC(C)NS(=O)(=O)C1CCN(Cc2ccc3cn[nH]c3c2)C1. The van der Waals surface area contributed by atoms with Gasteiger partial charge in [-0.25, -0.2) is 13.1 Å². The Morgan fingerprint density at radius 2 is 2.27 bits per heavy atom. The Balaban J connectivity index is 1.65. The highest BCUT2D eigenvalue weighted by Crippen LogP contribution is 2.20. The standard InChI is InChI=1S/C15H22N4O2S/c1-11(2)18-22(20,21)14-5-6-19(10-14)9-12-3-4-13-8-16-17-15(13)7-12/h3-4,7-8,11,14,18H,5-6,9-10H2,1-2H3,(H,16,17). The van der Waals surface area contributed by atoms with Gasteiger partial charge in [-0.3, -0.25) is 10.00 Å². The van der Waals surface area contributed by atoms with Crippen molar-refractivity contribution in [3.8, 4) is 0 Å². The van der Waals surface area contributed by atoms with Crippen LogP contribution in [0.4, 0.5) is 0 Å². The number of H-pyrrole nitrogens is 1. The van der Waals surface area contributed by atoms with Crippen LogP contribution in [-0.2, 0) is 16.6 Å². The van der Waals surface area contributed by atoms with Gasteiger partial charge < -0.3 is 0 Å². The van der Waals surface area contributed by atoms with Crippen LogP contribution in [0.15, 0.2) is 24.4 Å². The molecule has 1 fully saturated rings. The summed E-state index contributed by atoms with van der Waals surface area (Å²) in [4.78, 5) is 2.20. The Morgan fingerprint density at radius 1 is 1.45 bits per heavy atom. The third-order valence-electron chi connectivity index (χ3n) is 3.98. The maximum atomic E-state index is 12.2. The minimum Gasteiger partial charge on any atom is -0.298 e. The summed E-state index contributed by atoms with van der Waals surface area (Å²) < 4.78 is 27.2. The first-order valence-corrected chi connectivity index (χ1v) is 9.14. The summed E-state index contributed by atoms with van der Waals surface area (Å²) in [6, 6.07) is 6.14. The van der Waals surface area contributed by atoms with Gasteiger partial charge in [0.1, 0.15) is 0 Å². The van der Waals surface area contributed by atoms with Crippen LogP contribution < -0.4 is 4.72 Å². The molecule has 3 rings (SSSR count). The van der Waals surface area contributed by atoms with E-state index in [-0.39, 0.29) is 11.3 Å². The molecule has 0 spiro atoms. The molecule has 0 bridgehead atoms. The van der Waals surface area contributed by atoms with Crippen molar-refractivity contribution in [3.63, 3.8) is 0 Å². The fraction of sp³-hybridized carbons (Fsp3) is 0.533. The monoisotopic (exact) mass is 322 g/mol. The summed E-state index contributed by atoms with van der Waals surface area (Å²) in [5.41, 5.74) is 2.19. The Kier molecular flexibility index (Phi) is 4.20. The molecule has 1 aliphatic rings. The van der Waals surface area contributed by atoms with E-state index in [0.29, 0.717) is 13.0 Å². The number of aromatic amines is 1. The Bertz CT molecular complexity index is 754. The van der Waals surface area contributed by atoms with Crippen molar-refractivity contribution < 1.29 is 8.42 Å². The number of likely N-dealkylation sites (tertiary alicyclic amines) is 1. The molecule has 2 N–H and O–H groups in total. The fourth-order valence-corrected chi connectivity index (χ4v) is 4.63. The topological polar surface area (TPSA) is 78.1 Å². The zero-order chi connectivity index (χ0) is 15.7. The number of fused-ring (bicyclic) bond motifs is 1. The van der Waals surface area contributed by atoms with Gasteiger partial charge in [-0.2, -0.15) is 5.10 Å². The number of benzene rings is 1. The highest BCUT2D eigenvalue weighted by Gasteiger charge is 2.33. The molecule has 0 saturated carbocycles. The van der Waals surface area contributed by atoms with Gasteiger partial charge in [0.15, 0.2) is 0 Å². The summed E-state index contributed by atoms with van der Waals surface area (Å²) in [6.45, 7) is 5.87. The highest BCUT2D eigenvalue weighted by molar-refractivity contribution is 7.90. The van der Waals surface area contributed by atoms with E-state index in [1.54, 1.807) is 6.20 Å². The number of rotatable bonds is 5. The molecule has 0 aliphatic carbocycles. The molecule has 0 amide bonds. The van der Waals surface area contributed by atoms with Gasteiger partial charge in [0.05, 0.1) is 17.0 Å². The van der Waals surface area contributed by atoms with E-state index < -0.39 is 10.0 Å². The van der Waals surface area contributed by atoms with Gasteiger partial charge in [-0.15, -0.1) is 0 Å². The second kappa shape index (κ2) is 5.98. The number of sulfonamides is 1. The Hall–Kier alpha value is -1.44. The smallest absolute Gasteiger partial charge is 0.216 e. The quantitative estimate of drug-likeness (QED) is 0.874. The molecule has 1 aromatic carbocycles. The third kappa shape index (κ3) is 3.31.